The van der Waals surface area contributed by atoms with Crippen LogP contribution in [0, 0.1) is 5.92 Å². The van der Waals surface area contributed by atoms with Crippen LogP contribution >= 0.6 is 0 Å². The molecule has 2 aliphatic heterocycles. The van der Waals surface area contributed by atoms with Crippen molar-refractivity contribution < 1.29 is 9.53 Å². The predicted octanol–water partition coefficient (Wildman–Crippen LogP) is 1.69. The highest BCUT2D eigenvalue weighted by Crippen LogP contribution is 2.18. The van der Waals surface area contributed by atoms with Crippen molar-refractivity contribution in [3.63, 3.8) is 0 Å². The van der Waals surface area contributed by atoms with Crippen LogP contribution in [0.3, 0.4) is 0 Å². The minimum absolute atomic E-state index is 0.0639. The number of nitrogens with two attached hydrogens (primary N) is 1. The van der Waals surface area contributed by atoms with Gasteiger partial charge in [0.1, 0.15) is 0 Å². The molecule has 0 aromatic heterocycles. The molecule has 0 spiro atoms. The van der Waals surface area contributed by atoms with Crippen molar-refractivity contribution in [1.29, 1.82) is 0 Å². The summed E-state index contributed by atoms with van der Waals surface area (Å²) in [7, 11) is 0. The van der Waals surface area contributed by atoms with Crippen molar-refractivity contribution in [1.82, 2.24) is 10.2 Å². The molecule has 2 atom stereocenters. The second-order valence-corrected chi connectivity index (χ2v) is 7.09. The number of hydrogen-bond acceptors (Lipinski definition) is 4. The summed E-state index contributed by atoms with van der Waals surface area (Å²) in [6.45, 7) is 5.09. The van der Waals surface area contributed by atoms with Gasteiger partial charge in [-0.05, 0) is 30.7 Å². The van der Waals surface area contributed by atoms with Gasteiger partial charge in [0.2, 0.25) is 5.91 Å². The lowest BCUT2D eigenvalue weighted by Crippen LogP contribution is -2.46. The Morgan fingerprint density at radius 2 is 2.00 bits per heavy atom. The van der Waals surface area contributed by atoms with Gasteiger partial charge in [-0.15, -0.1) is 0 Å². The van der Waals surface area contributed by atoms with Gasteiger partial charge in [-0.25, -0.2) is 0 Å². The largest absolute Gasteiger partial charge is 0.381 e. The highest BCUT2D eigenvalue weighted by molar-refractivity contribution is 5.77. The quantitative estimate of drug-likeness (QED) is 0.832. The lowest BCUT2D eigenvalue weighted by molar-refractivity contribution is -0.122. The molecule has 2 fully saturated rings. The first-order valence-corrected chi connectivity index (χ1v) is 9.10. The van der Waals surface area contributed by atoms with Crippen LogP contribution in [-0.4, -0.2) is 49.7 Å². The van der Waals surface area contributed by atoms with Gasteiger partial charge in [-0.1, -0.05) is 30.3 Å². The van der Waals surface area contributed by atoms with Crippen molar-refractivity contribution in [3.8, 4) is 0 Å². The smallest absolute Gasteiger partial charge is 0.222 e. The molecule has 1 amide bonds. The number of carbonyl (C=O) groups excluding carboxylic acids is 1. The number of likely N-dealkylation sites (tertiary alicyclic amines) is 1. The number of nitrogens with zero attached hydrogens (tertiary/aromatic N) is 1. The molecular weight excluding hydrogens is 302 g/mol. The van der Waals surface area contributed by atoms with Gasteiger partial charge in [-0.2, -0.15) is 0 Å². The molecule has 3 N–H and O–H groups in total. The third kappa shape index (κ3) is 5.03. The van der Waals surface area contributed by atoms with E-state index in [1.54, 1.807) is 0 Å². The van der Waals surface area contributed by atoms with Crippen LogP contribution in [0.25, 0.3) is 0 Å². The maximum Gasteiger partial charge on any atom is 0.222 e. The molecule has 0 saturated carbocycles. The van der Waals surface area contributed by atoms with E-state index in [4.69, 9.17) is 10.5 Å². The van der Waals surface area contributed by atoms with E-state index in [0.29, 0.717) is 12.3 Å². The van der Waals surface area contributed by atoms with Crippen molar-refractivity contribution in [3.05, 3.63) is 35.9 Å². The van der Waals surface area contributed by atoms with Gasteiger partial charge in [0.15, 0.2) is 0 Å². The van der Waals surface area contributed by atoms with Crippen LogP contribution < -0.4 is 11.1 Å². The molecule has 2 heterocycles. The molecule has 0 radical (unpaired) electrons. The minimum atomic E-state index is -0.228. The average Bonchev–Trinajstić information content (AvgIpc) is 3.10. The molecule has 24 heavy (non-hydrogen) atoms. The molecule has 132 valence electrons. The third-order valence-electron chi connectivity index (χ3n) is 5.13. The molecular formula is C19H29N3O2. The number of amides is 1. The Bertz CT molecular complexity index is 509. The molecule has 3 rings (SSSR count). The zero-order valence-corrected chi connectivity index (χ0v) is 14.3. The molecule has 0 bridgehead atoms. The first-order valence-electron chi connectivity index (χ1n) is 9.10. The molecule has 1 aromatic rings. The van der Waals surface area contributed by atoms with Crippen LogP contribution in [0.4, 0.5) is 0 Å². The fraction of sp³-hybridized carbons (Fsp3) is 0.632. The summed E-state index contributed by atoms with van der Waals surface area (Å²) in [4.78, 5) is 14.7. The first-order chi connectivity index (χ1) is 11.7. The molecule has 5 nitrogen and oxygen atoms in total. The van der Waals surface area contributed by atoms with Gasteiger partial charge < -0.3 is 20.7 Å². The highest BCUT2D eigenvalue weighted by atomic mass is 16.5. The lowest BCUT2D eigenvalue weighted by atomic mass is 10.0. The summed E-state index contributed by atoms with van der Waals surface area (Å²) in [5.41, 5.74) is 7.15. The molecule has 2 aliphatic rings. The second kappa shape index (κ2) is 8.60. The van der Waals surface area contributed by atoms with E-state index in [1.807, 2.05) is 30.3 Å². The summed E-state index contributed by atoms with van der Waals surface area (Å²) < 4.78 is 5.45. The van der Waals surface area contributed by atoms with E-state index < -0.39 is 0 Å². The Balaban J connectivity index is 1.37. The molecule has 5 heteroatoms. The van der Waals surface area contributed by atoms with Crippen LogP contribution in [0.15, 0.2) is 30.3 Å². The van der Waals surface area contributed by atoms with Crippen molar-refractivity contribution in [2.45, 2.75) is 37.8 Å². The van der Waals surface area contributed by atoms with Crippen LogP contribution in [0.2, 0.25) is 0 Å². The van der Waals surface area contributed by atoms with E-state index in [9.17, 15) is 4.79 Å². The Morgan fingerprint density at radius 1 is 1.25 bits per heavy atom. The van der Waals surface area contributed by atoms with Gasteiger partial charge in [-0.3, -0.25) is 4.79 Å². The van der Waals surface area contributed by atoms with E-state index in [1.165, 1.54) is 6.42 Å². The van der Waals surface area contributed by atoms with Crippen molar-refractivity contribution >= 4 is 5.91 Å². The normalized spacial score (nSPS) is 24.0. The van der Waals surface area contributed by atoms with E-state index >= 15 is 0 Å². The predicted molar refractivity (Wildman–Crippen MR) is 94.5 cm³/mol. The Labute approximate surface area is 144 Å². The number of nitrogens with one attached hydrogen (secondary N) is 1. The SMILES string of the molecule is NC(CC(=O)NC1CCN(CC2CCOC2)CC1)c1ccccc1. The zero-order valence-electron chi connectivity index (χ0n) is 14.3. The van der Waals surface area contributed by atoms with Gasteiger partial charge in [0, 0.05) is 44.7 Å². The minimum Gasteiger partial charge on any atom is -0.381 e. The fourth-order valence-corrected chi connectivity index (χ4v) is 3.66. The highest BCUT2D eigenvalue weighted by Gasteiger charge is 2.25. The number of rotatable bonds is 6. The van der Waals surface area contributed by atoms with Crippen LogP contribution in [-0.2, 0) is 9.53 Å². The van der Waals surface area contributed by atoms with Gasteiger partial charge >= 0.3 is 0 Å². The molecule has 0 aliphatic carbocycles. The summed E-state index contributed by atoms with van der Waals surface area (Å²) in [6, 6.07) is 9.88. The summed E-state index contributed by atoms with van der Waals surface area (Å²) in [5, 5.41) is 3.16. The van der Waals surface area contributed by atoms with Crippen molar-refractivity contribution in [2.24, 2.45) is 11.7 Å². The maximum absolute atomic E-state index is 12.2. The average molecular weight is 331 g/mol. The monoisotopic (exact) mass is 331 g/mol. The summed E-state index contributed by atoms with van der Waals surface area (Å²) >= 11 is 0. The molecule has 2 saturated heterocycles. The Kier molecular flexibility index (Phi) is 6.24. The lowest BCUT2D eigenvalue weighted by Gasteiger charge is -2.33. The van der Waals surface area contributed by atoms with Gasteiger partial charge in [0.05, 0.1) is 6.61 Å². The van der Waals surface area contributed by atoms with E-state index in [-0.39, 0.29) is 18.0 Å². The molecule has 2 unspecified atom stereocenters. The number of hydrogen-bond donors (Lipinski definition) is 2. The standard InChI is InChI=1S/C19H29N3O2/c20-18(16-4-2-1-3-5-16)12-19(23)21-17-6-9-22(10-7-17)13-15-8-11-24-14-15/h1-5,15,17-18H,6-14,20H2,(H,21,23). The second-order valence-electron chi connectivity index (χ2n) is 7.09. The number of piperidine rings is 1. The van der Waals surface area contributed by atoms with Gasteiger partial charge in [0.25, 0.3) is 0 Å². The first kappa shape index (κ1) is 17.4. The number of carbonyl (C=O) groups is 1. The maximum atomic E-state index is 12.2. The van der Waals surface area contributed by atoms with E-state index in [0.717, 1.165) is 51.3 Å². The Morgan fingerprint density at radius 3 is 2.67 bits per heavy atom. The summed E-state index contributed by atoms with van der Waals surface area (Å²) in [5.74, 6) is 0.758. The molecule has 1 aromatic carbocycles. The zero-order chi connectivity index (χ0) is 16.8. The third-order valence-corrected chi connectivity index (χ3v) is 5.13. The topological polar surface area (TPSA) is 67.6 Å². The van der Waals surface area contributed by atoms with Crippen LogP contribution in [0.5, 0.6) is 0 Å². The Hall–Kier alpha value is -1.43. The van der Waals surface area contributed by atoms with E-state index in [2.05, 4.69) is 10.2 Å². The number of ether oxygens (including phenoxy) is 1. The van der Waals surface area contributed by atoms with Crippen LogP contribution in [0.1, 0.15) is 37.3 Å². The number of benzene rings is 1. The fourth-order valence-electron chi connectivity index (χ4n) is 3.66. The van der Waals surface area contributed by atoms with Crippen molar-refractivity contribution in [2.75, 3.05) is 32.8 Å². The summed E-state index contributed by atoms with van der Waals surface area (Å²) in [6.07, 6.45) is 3.59.